The van der Waals surface area contributed by atoms with Crippen LogP contribution in [0.1, 0.15) is 24.2 Å². The van der Waals surface area contributed by atoms with Crippen molar-refractivity contribution in [2.75, 3.05) is 39.4 Å². The number of rotatable bonds is 5. The van der Waals surface area contributed by atoms with E-state index in [1.54, 1.807) is 33.6 Å². The molecule has 1 saturated heterocycles. The monoisotopic (exact) mass is 423 g/mol. The molecule has 2 aromatic heterocycles. The van der Waals surface area contributed by atoms with Gasteiger partial charge in [0.25, 0.3) is 5.91 Å². The van der Waals surface area contributed by atoms with Gasteiger partial charge in [-0.05, 0) is 44.2 Å². The predicted molar refractivity (Wildman–Crippen MR) is 114 cm³/mol. The molecule has 2 amide bonds. The van der Waals surface area contributed by atoms with Crippen LogP contribution in [-0.4, -0.2) is 75.8 Å². The van der Waals surface area contributed by atoms with Gasteiger partial charge in [-0.25, -0.2) is 14.3 Å². The summed E-state index contributed by atoms with van der Waals surface area (Å²) in [5, 5.41) is 4.43. The molecule has 1 aliphatic rings. The van der Waals surface area contributed by atoms with Crippen molar-refractivity contribution in [3.05, 3.63) is 48.3 Å². The predicted octanol–water partition coefficient (Wildman–Crippen LogP) is 2.71. The van der Waals surface area contributed by atoms with Crippen LogP contribution in [0.3, 0.4) is 0 Å². The molecule has 31 heavy (non-hydrogen) atoms. The van der Waals surface area contributed by atoms with Crippen LogP contribution < -0.4 is 4.74 Å². The summed E-state index contributed by atoms with van der Waals surface area (Å²) in [6.07, 6.45) is 2.89. The number of nitrogens with zero attached hydrogens (tertiary/aromatic N) is 5. The Balaban J connectivity index is 1.54. The van der Waals surface area contributed by atoms with Crippen LogP contribution in [0, 0.1) is 0 Å². The highest BCUT2D eigenvalue weighted by Crippen LogP contribution is 2.24. The molecule has 0 atom stereocenters. The van der Waals surface area contributed by atoms with Crippen molar-refractivity contribution < 1.29 is 19.1 Å². The maximum atomic E-state index is 13.1. The van der Waals surface area contributed by atoms with Crippen molar-refractivity contribution in [1.82, 2.24) is 24.4 Å². The summed E-state index contributed by atoms with van der Waals surface area (Å²) in [4.78, 5) is 32.7. The van der Waals surface area contributed by atoms with E-state index < -0.39 is 0 Å². The first kappa shape index (κ1) is 20.6. The van der Waals surface area contributed by atoms with Gasteiger partial charge in [-0.3, -0.25) is 4.79 Å². The van der Waals surface area contributed by atoms with Gasteiger partial charge >= 0.3 is 6.09 Å². The Hall–Kier alpha value is -3.62. The number of ether oxygens (including phenoxy) is 2. The van der Waals surface area contributed by atoms with E-state index in [0.29, 0.717) is 50.6 Å². The van der Waals surface area contributed by atoms with E-state index in [0.717, 1.165) is 17.0 Å². The zero-order valence-corrected chi connectivity index (χ0v) is 17.7. The lowest BCUT2D eigenvalue weighted by Crippen LogP contribution is -2.50. The molecule has 4 rings (SSSR count). The number of carbonyl (C=O) groups excluding carboxylic acids is 2. The van der Waals surface area contributed by atoms with Gasteiger partial charge in [-0.2, -0.15) is 5.10 Å². The molecule has 3 aromatic rings. The third-order valence-electron chi connectivity index (χ3n) is 5.19. The van der Waals surface area contributed by atoms with Gasteiger partial charge in [-0.1, -0.05) is 0 Å². The topological polar surface area (TPSA) is 89.3 Å². The van der Waals surface area contributed by atoms with Gasteiger partial charge in [0.05, 0.1) is 25.1 Å². The van der Waals surface area contributed by atoms with E-state index in [1.165, 1.54) is 0 Å². The highest BCUT2D eigenvalue weighted by molar-refractivity contribution is 6.00. The first-order valence-electron chi connectivity index (χ1n) is 10.4. The molecule has 1 aliphatic heterocycles. The molecule has 0 radical (unpaired) electrons. The summed E-state index contributed by atoms with van der Waals surface area (Å²) >= 11 is 0. The van der Waals surface area contributed by atoms with Gasteiger partial charge in [0.15, 0.2) is 5.65 Å². The van der Waals surface area contributed by atoms with Crippen molar-refractivity contribution in [3.63, 3.8) is 0 Å². The van der Waals surface area contributed by atoms with E-state index in [-0.39, 0.29) is 12.0 Å². The number of aromatic nitrogens is 3. The summed E-state index contributed by atoms with van der Waals surface area (Å²) in [7, 11) is 0. The fraction of sp³-hybridized carbons (Fsp3) is 0.364. The second kappa shape index (κ2) is 9.03. The van der Waals surface area contributed by atoms with Crippen LogP contribution in [0.2, 0.25) is 0 Å². The highest BCUT2D eigenvalue weighted by Gasteiger charge is 2.27. The molecule has 0 aliphatic carbocycles. The molecule has 1 aromatic carbocycles. The Bertz CT molecular complexity index is 1070. The van der Waals surface area contributed by atoms with Crippen molar-refractivity contribution >= 4 is 17.6 Å². The second-order valence-corrected chi connectivity index (χ2v) is 7.06. The van der Waals surface area contributed by atoms with E-state index in [1.807, 2.05) is 37.3 Å². The molecule has 3 heterocycles. The molecular formula is C22H25N5O4. The average Bonchev–Trinajstić information content (AvgIpc) is 3.24. The van der Waals surface area contributed by atoms with Gasteiger partial charge in [0.2, 0.25) is 0 Å². The van der Waals surface area contributed by atoms with Gasteiger partial charge in [0, 0.05) is 37.9 Å². The molecule has 0 unspecified atom stereocenters. The summed E-state index contributed by atoms with van der Waals surface area (Å²) in [5.41, 5.74) is 2.72. The number of carbonyl (C=O) groups is 2. The van der Waals surface area contributed by atoms with Crippen LogP contribution in [0.4, 0.5) is 4.79 Å². The SMILES string of the molecule is CCOC(=O)N1CCN(C(=O)c2cnn3c(-c4ccc(OCC)cc4)ccnc23)CC1. The Labute approximate surface area is 180 Å². The van der Waals surface area contributed by atoms with Gasteiger partial charge in [-0.15, -0.1) is 0 Å². The normalized spacial score (nSPS) is 14.0. The Morgan fingerprint density at radius 1 is 0.968 bits per heavy atom. The molecule has 0 N–H and O–H groups in total. The zero-order chi connectivity index (χ0) is 21.8. The average molecular weight is 423 g/mol. The number of fused-ring (bicyclic) bond motifs is 1. The first-order valence-corrected chi connectivity index (χ1v) is 10.4. The lowest BCUT2D eigenvalue weighted by atomic mass is 10.1. The van der Waals surface area contributed by atoms with E-state index in [9.17, 15) is 9.59 Å². The largest absolute Gasteiger partial charge is 0.494 e. The number of hydrogen-bond donors (Lipinski definition) is 0. The van der Waals surface area contributed by atoms with Gasteiger partial charge in [0.1, 0.15) is 11.3 Å². The summed E-state index contributed by atoms with van der Waals surface area (Å²) in [5.74, 6) is 0.657. The maximum absolute atomic E-state index is 13.1. The zero-order valence-electron chi connectivity index (χ0n) is 17.7. The van der Waals surface area contributed by atoms with Gasteiger partial charge < -0.3 is 19.3 Å². The van der Waals surface area contributed by atoms with Crippen molar-refractivity contribution in [2.45, 2.75) is 13.8 Å². The summed E-state index contributed by atoms with van der Waals surface area (Å²) < 4.78 is 12.2. The summed E-state index contributed by atoms with van der Waals surface area (Å²) in [6.45, 7) is 6.42. The lowest BCUT2D eigenvalue weighted by Gasteiger charge is -2.33. The second-order valence-electron chi connectivity index (χ2n) is 7.06. The third kappa shape index (κ3) is 4.16. The first-order chi connectivity index (χ1) is 15.1. The minimum atomic E-state index is -0.341. The van der Waals surface area contributed by atoms with E-state index in [2.05, 4.69) is 10.1 Å². The van der Waals surface area contributed by atoms with Crippen LogP contribution in [-0.2, 0) is 4.74 Å². The smallest absolute Gasteiger partial charge is 0.409 e. The van der Waals surface area contributed by atoms with E-state index >= 15 is 0 Å². The Morgan fingerprint density at radius 3 is 2.35 bits per heavy atom. The molecule has 9 nitrogen and oxygen atoms in total. The number of benzene rings is 1. The maximum Gasteiger partial charge on any atom is 0.409 e. The quantitative estimate of drug-likeness (QED) is 0.627. The number of piperazine rings is 1. The van der Waals surface area contributed by atoms with Crippen LogP contribution in [0.25, 0.3) is 16.9 Å². The minimum absolute atomic E-state index is 0.144. The molecule has 0 bridgehead atoms. The molecule has 0 saturated carbocycles. The standard InChI is InChI=1S/C22H25N5O4/c1-3-30-17-7-5-16(6-8-17)19-9-10-23-20-18(15-24-27(19)20)21(28)25-11-13-26(14-12-25)22(29)31-4-2/h5-10,15H,3-4,11-14H2,1-2H3. The molecular weight excluding hydrogens is 398 g/mol. The highest BCUT2D eigenvalue weighted by atomic mass is 16.6. The van der Waals surface area contributed by atoms with Crippen molar-refractivity contribution in [1.29, 1.82) is 0 Å². The molecule has 1 fully saturated rings. The fourth-order valence-electron chi connectivity index (χ4n) is 3.63. The van der Waals surface area contributed by atoms with Crippen molar-refractivity contribution in [3.8, 4) is 17.0 Å². The lowest BCUT2D eigenvalue weighted by molar-refractivity contribution is 0.0571. The molecule has 9 heteroatoms. The van der Waals surface area contributed by atoms with Crippen LogP contribution >= 0.6 is 0 Å². The van der Waals surface area contributed by atoms with Crippen LogP contribution in [0.15, 0.2) is 42.7 Å². The Morgan fingerprint density at radius 2 is 1.68 bits per heavy atom. The van der Waals surface area contributed by atoms with Crippen molar-refractivity contribution in [2.24, 2.45) is 0 Å². The fourth-order valence-corrected chi connectivity index (χ4v) is 3.63. The summed E-state index contributed by atoms with van der Waals surface area (Å²) in [6, 6.07) is 9.59. The van der Waals surface area contributed by atoms with Crippen LogP contribution in [0.5, 0.6) is 5.75 Å². The molecule has 162 valence electrons. The number of amides is 2. The molecule has 0 spiro atoms. The minimum Gasteiger partial charge on any atom is -0.494 e. The number of hydrogen-bond acceptors (Lipinski definition) is 6. The third-order valence-corrected chi connectivity index (χ3v) is 5.19. The van der Waals surface area contributed by atoms with E-state index in [4.69, 9.17) is 9.47 Å². The Kier molecular flexibility index (Phi) is 6.01.